The second-order valence-electron chi connectivity index (χ2n) is 5.87. The van der Waals surface area contributed by atoms with Crippen molar-refractivity contribution in [3.8, 4) is 16.9 Å². The first kappa shape index (κ1) is 16.8. The van der Waals surface area contributed by atoms with E-state index >= 15 is 0 Å². The number of rotatable bonds is 4. The number of nitrogens with zero attached hydrogens (tertiary/aromatic N) is 3. The fourth-order valence-corrected chi connectivity index (χ4v) is 2.91. The topological polar surface area (TPSA) is 82.2 Å². The van der Waals surface area contributed by atoms with E-state index in [4.69, 9.17) is 9.26 Å². The van der Waals surface area contributed by atoms with E-state index in [1.54, 1.807) is 31.1 Å². The van der Waals surface area contributed by atoms with E-state index in [-0.39, 0.29) is 5.91 Å². The monoisotopic (exact) mass is 340 g/mol. The van der Waals surface area contributed by atoms with Crippen molar-refractivity contribution in [2.45, 2.75) is 20.8 Å². The summed E-state index contributed by atoms with van der Waals surface area (Å²) in [5, 5.41) is 11.0. The van der Waals surface area contributed by atoms with Gasteiger partial charge in [0.2, 0.25) is 0 Å². The molecule has 130 valence electrons. The summed E-state index contributed by atoms with van der Waals surface area (Å²) in [4.78, 5) is 12.6. The summed E-state index contributed by atoms with van der Waals surface area (Å²) in [5.74, 6) is 1.17. The molecule has 2 heterocycles. The van der Waals surface area contributed by atoms with E-state index in [0.29, 0.717) is 22.9 Å². The Morgan fingerprint density at radius 2 is 2.04 bits per heavy atom. The second-order valence-corrected chi connectivity index (χ2v) is 5.87. The molecule has 0 radical (unpaired) electrons. The number of nitrogens with one attached hydrogen (secondary N) is 1. The van der Waals surface area contributed by atoms with Crippen LogP contribution in [0.2, 0.25) is 0 Å². The molecule has 7 nitrogen and oxygen atoms in total. The Morgan fingerprint density at radius 3 is 2.60 bits per heavy atom. The molecular weight excluding hydrogens is 320 g/mol. The normalized spacial score (nSPS) is 10.8. The molecular formula is C18H20N4O3. The Hall–Kier alpha value is -3.09. The quantitative estimate of drug-likeness (QED) is 0.788. The van der Waals surface area contributed by atoms with Crippen LogP contribution in [0.4, 0.5) is 5.69 Å². The van der Waals surface area contributed by atoms with Gasteiger partial charge in [-0.1, -0.05) is 5.16 Å². The summed E-state index contributed by atoms with van der Waals surface area (Å²) in [7, 11) is 3.35. The summed E-state index contributed by atoms with van der Waals surface area (Å²) in [6, 6.07) is 5.46. The minimum atomic E-state index is -0.215. The van der Waals surface area contributed by atoms with Gasteiger partial charge in [0.25, 0.3) is 5.91 Å². The Bertz CT molecular complexity index is 901. The predicted molar refractivity (Wildman–Crippen MR) is 93.9 cm³/mol. The largest absolute Gasteiger partial charge is 0.496 e. The van der Waals surface area contributed by atoms with Crippen molar-refractivity contribution in [3.63, 3.8) is 0 Å². The van der Waals surface area contributed by atoms with Gasteiger partial charge < -0.3 is 14.6 Å². The van der Waals surface area contributed by atoms with E-state index in [1.807, 2.05) is 32.9 Å². The molecule has 25 heavy (non-hydrogen) atoms. The van der Waals surface area contributed by atoms with Gasteiger partial charge in [-0.2, -0.15) is 5.10 Å². The lowest BCUT2D eigenvalue weighted by molar-refractivity contribution is 0.101. The van der Waals surface area contributed by atoms with Gasteiger partial charge in [-0.15, -0.1) is 0 Å². The number of methoxy groups -OCH3 is 1. The summed E-state index contributed by atoms with van der Waals surface area (Å²) in [6.45, 7) is 5.57. The van der Waals surface area contributed by atoms with Crippen LogP contribution in [0.25, 0.3) is 11.1 Å². The number of ether oxygens (including phenoxy) is 1. The zero-order chi connectivity index (χ0) is 18.1. The number of aryl methyl sites for hydroxylation is 4. The van der Waals surface area contributed by atoms with E-state index in [0.717, 1.165) is 22.4 Å². The minimum Gasteiger partial charge on any atom is -0.496 e. The molecule has 0 bridgehead atoms. The maximum Gasteiger partial charge on any atom is 0.274 e. The minimum absolute atomic E-state index is 0.215. The molecule has 0 atom stereocenters. The predicted octanol–water partition coefficient (Wildman–Crippen LogP) is 3.26. The number of anilines is 1. The van der Waals surface area contributed by atoms with Crippen LogP contribution in [0.15, 0.2) is 28.9 Å². The first-order valence-electron chi connectivity index (χ1n) is 7.83. The third-order valence-electron chi connectivity index (χ3n) is 4.10. The molecule has 0 saturated carbocycles. The number of aromatic nitrogens is 3. The van der Waals surface area contributed by atoms with Gasteiger partial charge in [-0.05, 0) is 44.5 Å². The summed E-state index contributed by atoms with van der Waals surface area (Å²) >= 11 is 0. The molecule has 3 rings (SSSR count). The standard InChI is InChI=1S/C18H20N4O3/c1-10-9-19-22(4)17(10)18(23)20-13-6-7-15(24-5)14(8-13)16-11(2)21-25-12(16)3/h6-9H,1-5H3,(H,20,23). The molecule has 7 heteroatoms. The number of benzene rings is 1. The van der Waals surface area contributed by atoms with Crippen LogP contribution < -0.4 is 10.1 Å². The van der Waals surface area contributed by atoms with Crippen molar-refractivity contribution in [1.82, 2.24) is 14.9 Å². The number of carbonyl (C=O) groups is 1. The summed E-state index contributed by atoms with van der Waals surface area (Å²) in [5.41, 5.74) is 4.44. The zero-order valence-electron chi connectivity index (χ0n) is 14.9. The molecule has 0 aliphatic heterocycles. The van der Waals surface area contributed by atoms with Gasteiger partial charge in [0, 0.05) is 18.3 Å². The fraction of sp³-hybridized carbons (Fsp3) is 0.278. The highest BCUT2D eigenvalue weighted by Gasteiger charge is 2.18. The first-order chi connectivity index (χ1) is 11.9. The van der Waals surface area contributed by atoms with Gasteiger partial charge in [0.05, 0.1) is 24.6 Å². The Morgan fingerprint density at radius 1 is 1.28 bits per heavy atom. The van der Waals surface area contributed by atoms with Crippen LogP contribution in [0.1, 0.15) is 27.5 Å². The molecule has 0 aliphatic carbocycles. The molecule has 3 aromatic rings. The van der Waals surface area contributed by atoms with Crippen molar-refractivity contribution in [2.75, 3.05) is 12.4 Å². The molecule has 1 amide bonds. The van der Waals surface area contributed by atoms with Crippen molar-refractivity contribution in [2.24, 2.45) is 7.05 Å². The van der Waals surface area contributed by atoms with Crippen LogP contribution in [-0.4, -0.2) is 28.0 Å². The first-order valence-corrected chi connectivity index (χ1v) is 7.83. The molecule has 2 aromatic heterocycles. The van der Waals surface area contributed by atoms with Crippen molar-refractivity contribution >= 4 is 11.6 Å². The zero-order valence-corrected chi connectivity index (χ0v) is 14.9. The SMILES string of the molecule is COc1ccc(NC(=O)c2c(C)cnn2C)cc1-c1c(C)noc1C. The van der Waals surface area contributed by atoms with Gasteiger partial charge >= 0.3 is 0 Å². The molecule has 0 aliphatic rings. The number of carbonyl (C=O) groups excluding carboxylic acids is 1. The molecule has 0 fully saturated rings. The van der Waals surface area contributed by atoms with Crippen LogP contribution in [0.5, 0.6) is 5.75 Å². The average Bonchev–Trinajstić information content (AvgIpc) is 3.09. The maximum atomic E-state index is 12.6. The van der Waals surface area contributed by atoms with E-state index in [9.17, 15) is 4.79 Å². The Labute approximate surface area is 145 Å². The van der Waals surface area contributed by atoms with Gasteiger partial charge in [-0.25, -0.2) is 0 Å². The van der Waals surface area contributed by atoms with Crippen LogP contribution in [0.3, 0.4) is 0 Å². The Kier molecular flexibility index (Phi) is 4.31. The molecule has 0 spiro atoms. The van der Waals surface area contributed by atoms with E-state index in [1.165, 1.54) is 0 Å². The van der Waals surface area contributed by atoms with Crippen molar-refractivity contribution < 1.29 is 14.1 Å². The summed E-state index contributed by atoms with van der Waals surface area (Å²) < 4.78 is 12.3. The van der Waals surface area contributed by atoms with Crippen molar-refractivity contribution in [1.29, 1.82) is 0 Å². The lowest BCUT2D eigenvalue weighted by Crippen LogP contribution is -2.17. The lowest BCUT2D eigenvalue weighted by Gasteiger charge is -2.12. The lowest BCUT2D eigenvalue weighted by atomic mass is 10.0. The third kappa shape index (κ3) is 3.00. The average molecular weight is 340 g/mol. The third-order valence-corrected chi connectivity index (χ3v) is 4.10. The van der Waals surface area contributed by atoms with Gasteiger partial charge in [0.1, 0.15) is 17.2 Å². The molecule has 0 unspecified atom stereocenters. The molecule has 1 aromatic carbocycles. The second kappa shape index (κ2) is 6.43. The molecule has 0 saturated heterocycles. The number of hydrogen-bond acceptors (Lipinski definition) is 5. The Balaban J connectivity index is 1.99. The highest BCUT2D eigenvalue weighted by atomic mass is 16.5. The van der Waals surface area contributed by atoms with E-state index < -0.39 is 0 Å². The number of hydrogen-bond donors (Lipinski definition) is 1. The van der Waals surface area contributed by atoms with Gasteiger partial charge in [-0.3, -0.25) is 9.48 Å². The fourth-order valence-electron chi connectivity index (χ4n) is 2.91. The highest BCUT2D eigenvalue weighted by molar-refractivity contribution is 6.04. The number of amides is 1. The van der Waals surface area contributed by atoms with Gasteiger partial charge in [0.15, 0.2) is 0 Å². The van der Waals surface area contributed by atoms with Crippen molar-refractivity contribution in [3.05, 3.63) is 47.1 Å². The van der Waals surface area contributed by atoms with Crippen LogP contribution >= 0.6 is 0 Å². The molecule has 1 N–H and O–H groups in total. The highest BCUT2D eigenvalue weighted by Crippen LogP contribution is 2.36. The van der Waals surface area contributed by atoms with E-state index in [2.05, 4.69) is 15.6 Å². The smallest absolute Gasteiger partial charge is 0.274 e. The van der Waals surface area contributed by atoms with Crippen LogP contribution in [-0.2, 0) is 7.05 Å². The maximum absolute atomic E-state index is 12.6. The van der Waals surface area contributed by atoms with Crippen LogP contribution in [0, 0.1) is 20.8 Å². The summed E-state index contributed by atoms with van der Waals surface area (Å²) in [6.07, 6.45) is 1.66.